The summed E-state index contributed by atoms with van der Waals surface area (Å²) in [5.74, 6) is 0.345. The number of methoxy groups -OCH3 is 2. The maximum atomic E-state index is 11.9. The average Bonchev–Trinajstić information content (AvgIpc) is 2.45. The van der Waals surface area contributed by atoms with E-state index in [9.17, 15) is 4.79 Å². The Kier molecular flexibility index (Phi) is 7.94. The molecule has 0 aromatic heterocycles. The summed E-state index contributed by atoms with van der Waals surface area (Å²) in [6.07, 6.45) is 0.118. The third kappa shape index (κ3) is 6.46. The maximum Gasteiger partial charge on any atom is 0.242 e. The Bertz CT molecular complexity index is 528. The summed E-state index contributed by atoms with van der Waals surface area (Å²) in [6.45, 7) is 2.42. The molecule has 1 aromatic rings. The summed E-state index contributed by atoms with van der Waals surface area (Å²) in [4.78, 5) is 11.9. The van der Waals surface area contributed by atoms with E-state index in [1.54, 1.807) is 32.4 Å². The number of benzene rings is 1. The van der Waals surface area contributed by atoms with Crippen LogP contribution >= 0.6 is 23.8 Å². The molecule has 0 unspecified atom stereocenters. The van der Waals surface area contributed by atoms with Crippen LogP contribution in [-0.2, 0) is 16.0 Å². The zero-order valence-corrected chi connectivity index (χ0v) is 14.3. The number of nitrogens with one attached hydrogen (secondary N) is 3. The van der Waals surface area contributed by atoms with Gasteiger partial charge in [-0.3, -0.25) is 15.6 Å². The lowest BCUT2D eigenvalue weighted by molar-refractivity contribution is -0.121. The Morgan fingerprint density at radius 2 is 2.09 bits per heavy atom. The highest BCUT2D eigenvalue weighted by Crippen LogP contribution is 2.22. The summed E-state index contributed by atoms with van der Waals surface area (Å²) in [7, 11) is 3.15. The van der Waals surface area contributed by atoms with Gasteiger partial charge in [-0.25, -0.2) is 0 Å². The van der Waals surface area contributed by atoms with Crippen molar-refractivity contribution in [3.05, 3.63) is 28.8 Å². The molecular weight excluding hydrogens is 326 g/mol. The molecule has 0 heterocycles. The molecule has 0 aliphatic rings. The van der Waals surface area contributed by atoms with E-state index in [1.807, 2.05) is 6.92 Å². The zero-order chi connectivity index (χ0) is 16.5. The number of amides is 1. The molecule has 3 N–H and O–H groups in total. The molecule has 0 saturated heterocycles. The summed E-state index contributed by atoms with van der Waals surface area (Å²) in [5.41, 5.74) is 5.85. The molecule has 122 valence electrons. The number of rotatable bonds is 6. The fourth-order valence-corrected chi connectivity index (χ4v) is 2.23. The van der Waals surface area contributed by atoms with Crippen molar-refractivity contribution in [1.82, 2.24) is 16.2 Å². The first-order valence-electron chi connectivity index (χ1n) is 6.63. The predicted octanol–water partition coefficient (Wildman–Crippen LogP) is 1.42. The summed E-state index contributed by atoms with van der Waals surface area (Å²) < 4.78 is 10.2. The molecular formula is C14H20ClN3O3S. The Labute approximate surface area is 140 Å². The highest BCUT2D eigenvalue weighted by molar-refractivity contribution is 7.80. The van der Waals surface area contributed by atoms with Gasteiger partial charge in [0.2, 0.25) is 5.91 Å². The molecule has 0 spiro atoms. The van der Waals surface area contributed by atoms with Crippen LogP contribution in [-0.4, -0.2) is 37.9 Å². The number of carbonyl (C=O) groups is 1. The fourth-order valence-electron chi connectivity index (χ4n) is 1.78. The smallest absolute Gasteiger partial charge is 0.242 e. The van der Waals surface area contributed by atoms with E-state index in [1.165, 1.54) is 0 Å². The average molecular weight is 346 g/mol. The van der Waals surface area contributed by atoms with E-state index in [4.69, 9.17) is 33.3 Å². The number of hydrazine groups is 1. The van der Waals surface area contributed by atoms with Crippen LogP contribution in [0.3, 0.4) is 0 Å². The van der Waals surface area contributed by atoms with Gasteiger partial charge in [-0.1, -0.05) is 11.6 Å². The molecule has 1 aromatic carbocycles. The first-order chi connectivity index (χ1) is 10.5. The van der Waals surface area contributed by atoms with E-state index >= 15 is 0 Å². The largest absolute Gasteiger partial charge is 0.496 e. The molecule has 1 atom stereocenters. The molecule has 0 aliphatic heterocycles. The van der Waals surface area contributed by atoms with Gasteiger partial charge in [0.05, 0.1) is 20.1 Å². The lowest BCUT2D eigenvalue weighted by atomic mass is 10.1. The quantitative estimate of drug-likeness (QED) is 0.535. The summed E-state index contributed by atoms with van der Waals surface area (Å²) >= 11 is 11.0. The van der Waals surface area contributed by atoms with Crippen LogP contribution < -0.4 is 20.9 Å². The first kappa shape index (κ1) is 18.5. The van der Waals surface area contributed by atoms with Gasteiger partial charge >= 0.3 is 0 Å². The molecule has 0 aliphatic carbocycles. The van der Waals surface area contributed by atoms with E-state index < -0.39 is 0 Å². The highest BCUT2D eigenvalue weighted by atomic mass is 35.5. The van der Waals surface area contributed by atoms with Crippen LogP contribution in [0.2, 0.25) is 5.02 Å². The second kappa shape index (κ2) is 9.45. The van der Waals surface area contributed by atoms with Gasteiger partial charge in [0, 0.05) is 23.7 Å². The molecule has 0 radical (unpaired) electrons. The third-order valence-electron chi connectivity index (χ3n) is 2.70. The Morgan fingerprint density at radius 1 is 1.36 bits per heavy atom. The van der Waals surface area contributed by atoms with Crippen LogP contribution in [0, 0.1) is 0 Å². The Hall–Kier alpha value is -1.57. The normalized spacial score (nSPS) is 11.5. The van der Waals surface area contributed by atoms with Gasteiger partial charge in [0.15, 0.2) is 5.11 Å². The number of thiocarbonyl (C=S) groups is 1. The van der Waals surface area contributed by atoms with E-state index in [-0.39, 0.29) is 18.4 Å². The van der Waals surface area contributed by atoms with Gasteiger partial charge in [-0.2, -0.15) is 0 Å². The number of carbonyl (C=O) groups excluding carboxylic acids is 1. The second-order valence-electron chi connectivity index (χ2n) is 4.64. The van der Waals surface area contributed by atoms with E-state index in [2.05, 4.69) is 16.2 Å². The molecule has 8 heteroatoms. The fraction of sp³-hybridized carbons (Fsp3) is 0.429. The van der Waals surface area contributed by atoms with Gasteiger partial charge in [-0.05, 0) is 37.3 Å². The SMILES string of the molecule is COC[C@H](C)NC(=S)NNC(=O)Cc1cc(Cl)ccc1OC. The van der Waals surface area contributed by atoms with Gasteiger partial charge in [0.25, 0.3) is 0 Å². The number of hydrogen-bond acceptors (Lipinski definition) is 4. The van der Waals surface area contributed by atoms with Crippen molar-refractivity contribution in [2.45, 2.75) is 19.4 Å². The standard InChI is InChI=1S/C14H20ClN3O3S/c1-9(8-20-2)16-14(22)18-17-13(19)7-10-6-11(15)4-5-12(10)21-3/h4-6,9H,7-8H2,1-3H3,(H,17,19)(H2,16,18,22)/t9-/m0/s1. The molecule has 0 bridgehead atoms. The minimum absolute atomic E-state index is 0.0370. The van der Waals surface area contributed by atoms with Crippen LogP contribution in [0.25, 0.3) is 0 Å². The predicted molar refractivity (Wildman–Crippen MR) is 90.1 cm³/mol. The Balaban J connectivity index is 2.47. The number of hydrogen-bond donors (Lipinski definition) is 3. The lowest BCUT2D eigenvalue weighted by Gasteiger charge is -2.16. The van der Waals surface area contributed by atoms with Crippen molar-refractivity contribution in [1.29, 1.82) is 0 Å². The minimum atomic E-state index is -0.260. The van der Waals surface area contributed by atoms with Gasteiger partial charge in [0.1, 0.15) is 5.75 Å². The second-order valence-corrected chi connectivity index (χ2v) is 5.48. The maximum absolute atomic E-state index is 11.9. The number of halogens is 1. The Morgan fingerprint density at radius 3 is 2.73 bits per heavy atom. The first-order valence-corrected chi connectivity index (χ1v) is 7.41. The lowest BCUT2D eigenvalue weighted by Crippen LogP contribution is -2.50. The zero-order valence-electron chi connectivity index (χ0n) is 12.7. The van der Waals surface area contributed by atoms with Crippen molar-refractivity contribution in [3.63, 3.8) is 0 Å². The highest BCUT2D eigenvalue weighted by Gasteiger charge is 2.10. The van der Waals surface area contributed by atoms with Gasteiger partial charge < -0.3 is 14.8 Å². The molecule has 22 heavy (non-hydrogen) atoms. The van der Waals surface area contributed by atoms with Crippen LogP contribution in [0.4, 0.5) is 0 Å². The molecule has 0 fully saturated rings. The summed E-state index contributed by atoms with van der Waals surface area (Å²) in [5, 5.41) is 3.83. The van der Waals surface area contributed by atoms with Crippen LogP contribution in [0.1, 0.15) is 12.5 Å². The van der Waals surface area contributed by atoms with E-state index in [0.29, 0.717) is 28.1 Å². The van der Waals surface area contributed by atoms with Crippen molar-refractivity contribution < 1.29 is 14.3 Å². The molecule has 1 rings (SSSR count). The number of ether oxygens (including phenoxy) is 2. The van der Waals surface area contributed by atoms with Crippen LogP contribution in [0.15, 0.2) is 18.2 Å². The molecule has 0 saturated carbocycles. The van der Waals surface area contributed by atoms with E-state index in [0.717, 1.165) is 0 Å². The minimum Gasteiger partial charge on any atom is -0.496 e. The van der Waals surface area contributed by atoms with Crippen LogP contribution in [0.5, 0.6) is 5.75 Å². The van der Waals surface area contributed by atoms with Crippen molar-refractivity contribution in [2.75, 3.05) is 20.8 Å². The molecule has 6 nitrogen and oxygen atoms in total. The van der Waals surface area contributed by atoms with Crippen molar-refractivity contribution >= 4 is 34.8 Å². The monoisotopic (exact) mass is 345 g/mol. The third-order valence-corrected chi connectivity index (χ3v) is 3.16. The van der Waals surface area contributed by atoms with Crippen molar-refractivity contribution in [2.24, 2.45) is 0 Å². The van der Waals surface area contributed by atoms with Crippen molar-refractivity contribution in [3.8, 4) is 5.75 Å². The molecule has 1 amide bonds. The van der Waals surface area contributed by atoms with Gasteiger partial charge in [-0.15, -0.1) is 0 Å². The summed E-state index contributed by atoms with van der Waals surface area (Å²) in [6, 6.07) is 5.15. The topological polar surface area (TPSA) is 71.6 Å².